The summed E-state index contributed by atoms with van der Waals surface area (Å²) in [5.74, 6) is -0.0804. The fraction of sp³-hybridized carbons (Fsp3) is 0.294. The maximum absolute atomic E-state index is 14.3. The maximum Gasteiger partial charge on any atom is 0.258 e. The van der Waals surface area contributed by atoms with Crippen molar-refractivity contribution in [3.63, 3.8) is 0 Å². The van der Waals surface area contributed by atoms with Crippen molar-refractivity contribution in [1.82, 2.24) is 19.6 Å². The van der Waals surface area contributed by atoms with E-state index in [4.69, 9.17) is 4.74 Å². The van der Waals surface area contributed by atoms with Crippen molar-refractivity contribution in [3.05, 3.63) is 41.6 Å². The molecule has 27 heavy (non-hydrogen) atoms. The first-order valence-electron chi connectivity index (χ1n) is 8.35. The number of nitrogens with one attached hydrogen (secondary N) is 2. The van der Waals surface area contributed by atoms with Crippen LogP contribution in [0.2, 0.25) is 0 Å². The third-order valence-corrected chi connectivity index (χ3v) is 4.32. The van der Waals surface area contributed by atoms with Gasteiger partial charge in [0.2, 0.25) is 5.95 Å². The lowest BCUT2D eigenvalue weighted by atomic mass is 10.0. The third kappa shape index (κ3) is 3.14. The molecule has 0 saturated carbocycles. The van der Waals surface area contributed by atoms with Crippen LogP contribution in [0, 0.1) is 5.82 Å². The van der Waals surface area contributed by atoms with Gasteiger partial charge in [-0.05, 0) is 19.1 Å². The van der Waals surface area contributed by atoms with E-state index in [9.17, 15) is 13.6 Å². The largest absolute Gasteiger partial charge is 0.493 e. The number of halogens is 2. The van der Waals surface area contributed by atoms with E-state index in [0.29, 0.717) is 35.9 Å². The number of amides is 1. The highest BCUT2D eigenvalue weighted by Gasteiger charge is 2.20. The predicted octanol–water partition coefficient (Wildman–Crippen LogP) is 2.11. The second-order valence-corrected chi connectivity index (χ2v) is 6.08. The Labute approximate surface area is 152 Å². The highest BCUT2D eigenvalue weighted by Crippen LogP contribution is 2.30. The lowest BCUT2D eigenvalue weighted by Crippen LogP contribution is -2.22. The first-order valence-corrected chi connectivity index (χ1v) is 8.35. The Bertz CT molecular complexity index is 1020. The van der Waals surface area contributed by atoms with Gasteiger partial charge >= 0.3 is 0 Å². The molecule has 0 spiro atoms. The predicted molar refractivity (Wildman–Crippen MR) is 92.9 cm³/mol. The van der Waals surface area contributed by atoms with Crippen LogP contribution in [0.4, 0.5) is 20.4 Å². The molecular weight excluding hydrogens is 358 g/mol. The van der Waals surface area contributed by atoms with Crippen LogP contribution < -0.4 is 15.4 Å². The molecule has 0 fully saturated rings. The van der Waals surface area contributed by atoms with Crippen LogP contribution in [0.15, 0.2) is 24.7 Å². The third-order valence-electron chi connectivity index (χ3n) is 4.32. The molecule has 4 rings (SSSR count). The Kier molecular flexibility index (Phi) is 4.30. The minimum Gasteiger partial charge on any atom is -0.493 e. The molecular formula is C17H16F2N6O2. The van der Waals surface area contributed by atoms with Gasteiger partial charge in [-0.3, -0.25) is 4.79 Å². The van der Waals surface area contributed by atoms with Gasteiger partial charge in [0.05, 0.1) is 12.8 Å². The summed E-state index contributed by atoms with van der Waals surface area (Å²) in [6.45, 7) is 1.85. The van der Waals surface area contributed by atoms with Crippen molar-refractivity contribution in [1.29, 1.82) is 0 Å². The van der Waals surface area contributed by atoms with Crippen molar-refractivity contribution in [2.45, 2.75) is 26.1 Å². The molecule has 0 aliphatic carbocycles. The summed E-state index contributed by atoms with van der Waals surface area (Å²) in [7, 11) is 0. The molecule has 140 valence electrons. The van der Waals surface area contributed by atoms with Crippen LogP contribution in [-0.2, 0) is 17.8 Å². The number of hydrogen-bond donors (Lipinski definition) is 2. The summed E-state index contributed by atoms with van der Waals surface area (Å²) in [6, 6.07) is 3.00. The molecule has 1 aliphatic rings. The molecule has 0 saturated heterocycles. The van der Waals surface area contributed by atoms with Crippen molar-refractivity contribution in [3.8, 4) is 5.75 Å². The van der Waals surface area contributed by atoms with Gasteiger partial charge in [0.25, 0.3) is 5.91 Å². The Hall–Kier alpha value is -3.30. The van der Waals surface area contributed by atoms with Crippen molar-refractivity contribution >= 4 is 23.2 Å². The van der Waals surface area contributed by atoms with Crippen LogP contribution in [0.5, 0.6) is 5.75 Å². The van der Waals surface area contributed by atoms with E-state index in [-0.39, 0.29) is 18.0 Å². The summed E-state index contributed by atoms with van der Waals surface area (Å²) in [5, 5.41) is 13.2. The number of carbonyl (C=O) groups excluding carboxylic acids is 1. The monoisotopic (exact) mass is 374 g/mol. The van der Waals surface area contributed by atoms with Crippen LogP contribution in [0.25, 0.3) is 5.65 Å². The first kappa shape index (κ1) is 17.1. The van der Waals surface area contributed by atoms with E-state index in [0.717, 1.165) is 12.5 Å². The maximum atomic E-state index is 14.3. The Morgan fingerprint density at radius 3 is 3.11 bits per heavy atom. The summed E-state index contributed by atoms with van der Waals surface area (Å²) >= 11 is 0. The van der Waals surface area contributed by atoms with Gasteiger partial charge in [-0.25, -0.2) is 18.2 Å². The van der Waals surface area contributed by atoms with E-state index in [1.54, 1.807) is 6.07 Å². The zero-order valence-corrected chi connectivity index (χ0v) is 14.4. The van der Waals surface area contributed by atoms with E-state index in [1.165, 1.54) is 23.0 Å². The standard InChI is InChI=1S/C17H16F2N6O2/c1-9(18)16(26)23-13-7-21-17(25-8-22-24-15(13)25)20-6-11-10-4-5-27-14(10)3-2-12(11)19/h2-3,7-9H,4-6H2,1H3,(H,20,21)(H,23,26). The second kappa shape index (κ2) is 6.78. The van der Waals surface area contributed by atoms with Crippen molar-refractivity contribution in [2.24, 2.45) is 0 Å². The minimum absolute atomic E-state index is 0.186. The number of benzene rings is 1. The number of fused-ring (bicyclic) bond motifs is 2. The van der Waals surface area contributed by atoms with Crippen LogP contribution in [-0.4, -0.2) is 38.3 Å². The first-order chi connectivity index (χ1) is 13.0. The van der Waals surface area contributed by atoms with E-state index >= 15 is 0 Å². The molecule has 8 nitrogen and oxygen atoms in total. The Balaban J connectivity index is 1.60. The summed E-state index contributed by atoms with van der Waals surface area (Å²) in [4.78, 5) is 15.8. The van der Waals surface area contributed by atoms with E-state index in [1.807, 2.05) is 0 Å². The average Bonchev–Trinajstić information content (AvgIpc) is 3.31. The van der Waals surface area contributed by atoms with Crippen LogP contribution in [0.3, 0.4) is 0 Å². The zero-order chi connectivity index (χ0) is 19.0. The number of rotatable bonds is 5. The summed E-state index contributed by atoms with van der Waals surface area (Å²) in [5.41, 5.74) is 1.87. The van der Waals surface area contributed by atoms with Crippen LogP contribution >= 0.6 is 0 Å². The molecule has 3 heterocycles. The fourth-order valence-corrected chi connectivity index (χ4v) is 2.94. The smallest absolute Gasteiger partial charge is 0.258 e. The highest BCUT2D eigenvalue weighted by molar-refractivity contribution is 5.96. The SMILES string of the molecule is CC(F)C(=O)Nc1cnc(NCc2c(F)ccc3c2CCO3)n2cnnc12. The molecule has 1 aromatic carbocycles. The van der Waals surface area contributed by atoms with Gasteiger partial charge in [0.15, 0.2) is 11.8 Å². The fourth-order valence-electron chi connectivity index (χ4n) is 2.94. The van der Waals surface area contributed by atoms with Gasteiger partial charge in [-0.2, -0.15) is 0 Å². The molecule has 2 aromatic heterocycles. The molecule has 1 unspecified atom stereocenters. The lowest BCUT2D eigenvalue weighted by molar-refractivity contribution is -0.120. The molecule has 1 amide bonds. The zero-order valence-electron chi connectivity index (χ0n) is 14.4. The number of alkyl halides is 1. The molecule has 0 radical (unpaired) electrons. The molecule has 3 aromatic rings. The van der Waals surface area contributed by atoms with Gasteiger partial charge in [-0.15, -0.1) is 10.2 Å². The number of anilines is 2. The molecule has 10 heteroatoms. The van der Waals surface area contributed by atoms with Gasteiger partial charge < -0.3 is 15.4 Å². The number of hydrogen-bond acceptors (Lipinski definition) is 6. The number of ether oxygens (including phenoxy) is 1. The molecule has 1 aliphatic heterocycles. The lowest BCUT2D eigenvalue weighted by Gasteiger charge is -2.13. The van der Waals surface area contributed by atoms with E-state index in [2.05, 4.69) is 25.8 Å². The van der Waals surface area contributed by atoms with Crippen molar-refractivity contribution in [2.75, 3.05) is 17.2 Å². The number of nitrogens with zero attached hydrogens (tertiary/aromatic N) is 4. The van der Waals surface area contributed by atoms with Crippen molar-refractivity contribution < 1.29 is 18.3 Å². The van der Waals surface area contributed by atoms with Gasteiger partial charge in [0, 0.05) is 24.1 Å². The average molecular weight is 374 g/mol. The minimum atomic E-state index is -1.67. The molecule has 2 N–H and O–H groups in total. The number of aromatic nitrogens is 4. The number of carbonyl (C=O) groups is 1. The van der Waals surface area contributed by atoms with Gasteiger partial charge in [0.1, 0.15) is 23.6 Å². The van der Waals surface area contributed by atoms with E-state index < -0.39 is 12.1 Å². The topological polar surface area (TPSA) is 93.4 Å². The normalized spacial score (nSPS) is 13.9. The summed E-state index contributed by atoms with van der Waals surface area (Å²) < 4.78 is 34.3. The molecule has 0 bridgehead atoms. The van der Waals surface area contributed by atoms with Crippen LogP contribution in [0.1, 0.15) is 18.1 Å². The Morgan fingerprint density at radius 2 is 2.30 bits per heavy atom. The Morgan fingerprint density at radius 1 is 1.44 bits per heavy atom. The second-order valence-electron chi connectivity index (χ2n) is 6.08. The molecule has 1 atom stereocenters. The van der Waals surface area contributed by atoms with Gasteiger partial charge in [-0.1, -0.05) is 0 Å². The highest BCUT2D eigenvalue weighted by atomic mass is 19.1. The summed E-state index contributed by atoms with van der Waals surface area (Å²) in [6.07, 6.45) is 1.72. The quantitative estimate of drug-likeness (QED) is 0.711.